The minimum Gasteiger partial charge on any atom is -0.456 e. The summed E-state index contributed by atoms with van der Waals surface area (Å²) in [5.41, 5.74) is 17.3. The van der Waals surface area contributed by atoms with Gasteiger partial charge < -0.3 is 9.32 Å². The maximum Gasteiger partial charge on any atom is 0.138 e. The largest absolute Gasteiger partial charge is 0.456 e. The molecule has 0 unspecified atom stereocenters. The Bertz CT molecular complexity index is 2900. The molecule has 3 heteroatoms. The molecule has 0 spiro atoms. The number of hydrogen-bond acceptors (Lipinski definition) is 3. The van der Waals surface area contributed by atoms with Crippen molar-refractivity contribution in [3.05, 3.63) is 192 Å². The van der Waals surface area contributed by atoms with Gasteiger partial charge in [0, 0.05) is 45.5 Å². The third-order valence-electron chi connectivity index (χ3n) is 10.9. The Balaban J connectivity index is 1.17. The van der Waals surface area contributed by atoms with Crippen molar-refractivity contribution in [2.45, 2.75) is 12.8 Å². The number of nitrogens with zero attached hydrogens (tertiary/aromatic N) is 2. The van der Waals surface area contributed by atoms with Crippen molar-refractivity contribution in [2.24, 2.45) is 4.99 Å². The number of anilines is 3. The molecule has 1 aliphatic heterocycles. The maximum atomic E-state index is 6.84. The van der Waals surface area contributed by atoms with E-state index in [0.29, 0.717) is 0 Å². The standard InChI is InChI=1S/C49H32N2O/c1-2-12-31(13-3-1)32-24-26-36(27-25-32)51(43-22-10-16-35-28-33-14-4-6-17-37(33)47(35)43)44-30-46-48(39-19-8-7-18-38(39)44)49-40(20-11-23-45(49)52-46)42-29-34-15-5-9-21-41(34)50-42/h1-27,30H,28-29H2. The van der Waals surface area contributed by atoms with Crippen molar-refractivity contribution >= 4 is 61.2 Å². The topological polar surface area (TPSA) is 28.7 Å². The summed E-state index contributed by atoms with van der Waals surface area (Å²) in [5.74, 6) is 0. The molecule has 0 amide bonds. The molecule has 0 N–H and O–H groups in total. The monoisotopic (exact) mass is 664 g/mol. The second kappa shape index (κ2) is 11.4. The van der Waals surface area contributed by atoms with Crippen LogP contribution in [0.15, 0.2) is 179 Å². The van der Waals surface area contributed by atoms with Crippen molar-refractivity contribution in [2.75, 3.05) is 4.90 Å². The van der Waals surface area contributed by atoms with E-state index in [1.54, 1.807) is 0 Å². The first-order valence-electron chi connectivity index (χ1n) is 18.0. The number of aliphatic imine (C=N–C) groups is 1. The van der Waals surface area contributed by atoms with E-state index in [4.69, 9.17) is 9.41 Å². The van der Waals surface area contributed by atoms with Gasteiger partial charge in [0.05, 0.1) is 22.8 Å². The fraction of sp³-hybridized carbons (Fsp3) is 0.0408. The predicted molar refractivity (Wildman–Crippen MR) is 216 cm³/mol. The fourth-order valence-corrected chi connectivity index (χ4v) is 8.57. The second-order valence-electron chi connectivity index (χ2n) is 13.9. The minimum absolute atomic E-state index is 0.811. The Morgan fingerprint density at radius 1 is 0.462 bits per heavy atom. The van der Waals surface area contributed by atoms with Crippen LogP contribution in [-0.4, -0.2) is 5.71 Å². The molecule has 244 valence electrons. The number of furan rings is 1. The Kier molecular flexibility index (Phi) is 6.38. The molecule has 0 saturated heterocycles. The van der Waals surface area contributed by atoms with Crippen LogP contribution >= 0.6 is 0 Å². The Hall–Kier alpha value is -6.71. The van der Waals surface area contributed by atoms with E-state index in [1.807, 2.05) is 0 Å². The van der Waals surface area contributed by atoms with Gasteiger partial charge >= 0.3 is 0 Å². The molecule has 2 heterocycles. The summed E-state index contributed by atoms with van der Waals surface area (Å²) in [6.07, 6.45) is 1.74. The van der Waals surface area contributed by atoms with E-state index >= 15 is 0 Å². The lowest BCUT2D eigenvalue weighted by Crippen LogP contribution is -2.12. The normalized spacial score (nSPS) is 13.0. The van der Waals surface area contributed by atoms with E-state index in [-0.39, 0.29) is 0 Å². The van der Waals surface area contributed by atoms with Crippen LogP contribution in [-0.2, 0) is 12.8 Å². The van der Waals surface area contributed by atoms with Crippen LogP contribution < -0.4 is 4.90 Å². The zero-order valence-electron chi connectivity index (χ0n) is 28.4. The fourth-order valence-electron chi connectivity index (χ4n) is 8.57. The number of benzene rings is 8. The molecule has 0 bridgehead atoms. The van der Waals surface area contributed by atoms with Crippen LogP contribution in [0.3, 0.4) is 0 Å². The molecule has 0 radical (unpaired) electrons. The molecule has 1 aliphatic carbocycles. The van der Waals surface area contributed by atoms with Crippen molar-refractivity contribution in [1.29, 1.82) is 0 Å². The van der Waals surface area contributed by atoms with Gasteiger partial charge in [-0.1, -0.05) is 133 Å². The van der Waals surface area contributed by atoms with Crippen LogP contribution in [0.5, 0.6) is 0 Å². The van der Waals surface area contributed by atoms with Gasteiger partial charge in [-0.15, -0.1) is 0 Å². The molecule has 8 aromatic carbocycles. The van der Waals surface area contributed by atoms with Gasteiger partial charge in [-0.3, -0.25) is 4.99 Å². The summed E-state index contributed by atoms with van der Waals surface area (Å²) >= 11 is 0. The smallest absolute Gasteiger partial charge is 0.138 e. The van der Waals surface area contributed by atoms with Crippen LogP contribution in [0, 0.1) is 0 Å². The highest BCUT2D eigenvalue weighted by Gasteiger charge is 2.28. The van der Waals surface area contributed by atoms with E-state index < -0.39 is 0 Å². The molecule has 0 fully saturated rings. The summed E-state index contributed by atoms with van der Waals surface area (Å²) in [5, 5.41) is 4.59. The van der Waals surface area contributed by atoms with Crippen molar-refractivity contribution in [1.82, 2.24) is 0 Å². The van der Waals surface area contributed by atoms with Crippen LogP contribution in [0.4, 0.5) is 22.7 Å². The third-order valence-corrected chi connectivity index (χ3v) is 10.9. The van der Waals surface area contributed by atoms with E-state index in [1.165, 1.54) is 44.3 Å². The van der Waals surface area contributed by atoms with Gasteiger partial charge in [0.15, 0.2) is 0 Å². The zero-order valence-corrected chi connectivity index (χ0v) is 28.4. The first-order chi connectivity index (χ1) is 25.8. The average molecular weight is 665 g/mol. The summed E-state index contributed by atoms with van der Waals surface area (Å²) < 4.78 is 6.84. The molecule has 3 nitrogen and oxygen atoms in total. The number of rotatable bonds is 5. The third kappa shape index (κ3) is 4.42. The van der Waals surface area contributed by atoms with Crippen molar-refractivity contribution < 1.29 is 4.42 Å². The van der Waals surface area contributed by atoms with Gasteiger partial charge in [-0.05, 0) is 75.5 Å². The Morgan fingerprint density at radius 2 is 1.15 bits per heavy atom. The van der Waals surface area contributed by atoms with E-state index in [0.717, 1.165) is 74.2 Å². The molecule has 1 aromatic heterocycles. The van der Waals surface area contributed by atoms with Crippen LogP contribution in [0.2, 0.25) is 0 Å². The maximum absolute atomic E-state index is 6.84. The zero-order chi connectivity index (χ0) is 34.2. The lowest BCUT2D eigenvalue weighted by Gasteiger charge is -2.29. The molecule has 0 atom stereocenters. The van der Waals surface area contributed by atoms with Gasteiger partial charge in [-0.25, -0.2) is 0 Å². The SMILES string of the molecule is c1ccc(-c2ccc(N(c3cccc4c3-c3ccccc3C4)c3cc4oc5cccc(C6=Nc7ccccc7C6)c5c4c4ccccc34)cc2)cc1. The van der Waals surface area contributed by atoms with Gasteiger partial charge in [-0.2, -0.15) is 0 Å². The van der Waals surface area contributed by atoms with E-state index in [2.05, 4.69) is 175 Å². The van der Waals surface area contributed by atoms with E-state index in [9.17, 15) is 0 Å². The predicted octanol–water partition coefficient (Wildman–Crippen LogP) is 13.1. The van der Waals surface area contributed by atoms with Crippen molar-refractivity contribution in [3.8, 4) is 22.3 Å². The summed E-state index contributed by atoms with van der Waals surface area (Å²) in [4.78, 5) is 7.56. The molecule has 2 aliphatic rings. The van der Waals surface area contributed by atoms with Crippen molar-refractivity contribution in [3.63, 3.8) is 0 Å². The number of fused-ring (bicyclic) bond motifs is 9. The number of hydrogen-bond donors (Lipinski definition) is 0. The Labute approximate surface area is 301 Å². The van der Waals surface area contributed by atoms with Crippen LogP contribution in [0.25, 0.3) is 55.0 Å². The quantitative estimate of drug-likeness (QED) is 0.183. The summed E-state index contributed by atoms with van der Waals surface area (Å²) in [6.45, 7) is 0. The molecule has 0 saturated carbocycles. The summed E-state index contributed by atoms with van der Waals surface area (Å²) in [6, 6.07) is 61.1. The highest BCUT2D eigenvalue weighted by molar-refractivity contribution is 6.28. The average Bonchev–Trinajstić information content (AvgIpc) is 3.92. The van der Waals surface area contributed by atoms with Gasteiger partial charge in [0.25, 0.3) is 0 Å². The van der Waals surface area contributed by atoms with Gasteiger partial charge in [0.1, 0.15) is 11.2 Å². The van der Waals surface area contributed by atoms with Crippen LogP contribution in [0.1, 0.15) is 22.3 Å². The lowest BCUT2D eigenvalue weighted by molar-refractivity contribution is 0.669. The first-order valence-corrected chi connectivity index (χ1v) is 18.0. The molecule has 11 rings (SSSR count). The molecule has 9 aromatic rings. The minimum atomic E-state index is 0.811. The number of para-hydroxylation sites is 1. The molecule has 52 heavy (non-hydrogen) atoms. The van der Waals surface area contributed by atoms with Gasteiger partial charge in [0.2, 0.25) is 0 Å². The highest BCUT2D eigenvalue weighted by atomic mass is 16.3. The lowest BCUT2D eigenvalue weighted by atomic mass is 9.95. The highest BCUT2D eigenvalue weighted by Crippen LogP contribution is 2.50. The second-order valence-corrected chi connectivity index (χ2v) is 13.9. The Morgan fingerprint density at radius 3 is 2.02 bits per heavy atom. The molecular weight excluding hydrogens is 633 g/mol. The first kappa shape index (κ1) is 29.1. The molecular formula is C49H32N2O. The summed E-state index contributed by atoms with van der Waals surface area (Å²) in [7, 11) is 0.